The number of carboxylic acid groups (broad SMARTS) is 1. The van der Waals surface area contributed by atoms with E-state index in [0.717, 1.165) is 31.9 Å². The molecule has 1 saturated carbocycles. The molecule has 2 bridgehead atoms. The van der Waals surface area contributed by atoms with Crippen molar-refractivity contribution in [2.75, 3.05) is 18.0 Å². The molecule has 2 aromatic rings. The maximum absolute atomic E-state index is 14.7. The number of fused-ring (bicyclic) bond motifs is 3. The lowest BCUT2D eigenvalue weighted by Crippen LogP contribution is -2.44. The quantitative estimate of drug-likeness (QED) is 0.840. The molecule has 0 radical (unpaired) electrons. The van der Waals surface area contributed by atoms with Crippen LogP contribution in [0.5, 0.6) is 0 Å². The Bertz CT molecular complexity index is 975. The molecule has 9 heteroatoms. The van der Waals surface area contributed by atoms with E-state index in [0.29, 0.717) is 18.2 Å². The standard InChI is InChI=1S/C17H17FN4O3.ClH/c18-13-4-11-14(23)12(17(24)25)7-22(9-1-2-9)15(11)20-16(13)21-6-8-3-10(21)5-19-8;/h4,7-10,19H,1-3,5-6H2,(H,24,25);1H. The number of hydrogen-bond donors (Lipinski definition) is 2. The second kappa shape index (κ2) is 5.92. The number of pyridine rings is 2. The summed E-state index contributed by atoms with van der Waals surface area (Å²) in [5, 5.41) is 12.7. The Balaban J connectivity index is 0.00000168. The minimum Gasteiger partial charge on any atom is -0.477 e. The summed E-state index contributed by atoms with van der Waals surface area (Å²) in [6, 6.07) is 1.85. The topological polar surface area (TPSA) is 87.5 Å². The first kappa shape index (κ1) is 17.2. The van der Waals surface area contributed by atoms with Crippen molar-refractivity contribution in [1.29, 1.82) is 0 Å². The Kier molecular flexibility index (Phi) is 3.92. The number of anilines is 1. The normalized spacial score (nSPS) is 24.1. The van der Waals surface area contributed by atoms with E-state index in [2.05, 4.69) is 10.3 Å². The van der Waals surface area contributed by atoms with Gasteiger partial charge in [-0.25, -0.2) is 14.2 Å². The summed E-state index contributed by atoms with van der Waals surface area (Å²) < 4.78 is 16.5. The number of aromatic nitrogens is 2. The number of rotatable bonds is 3. The number of nitrogens with zero attached hydrogens (tertiary/aromatic N) is 3. The van der Waals surface area contributed by atoms with Crippen LogP contribution in [0.15, 0.2) is 17.1 Å². The van der Waals surface area contributed by atoms with Crippen molar-refractivity contribution in [1.82, 2.24) is 14.9 Å². The van der Waals surface area contributed by atoms with E-state index >= 15 is 0 Å². The van der Waals surface area contributed by atoms with Gasteiger partial charge >= 0.3 is 5.97 Å². The van der Waals surface area contributed by atoms with Gasteiger partial charge in [-0.15, -0.1) is 12.4 Å². The lowest BCUT2D eigenvalue weighted by molar-refractivity contribution is 0.0695. The first-order valence-electron chi connectivity index (χ1n) is 8.51. The first-order chi connectivity index (χ1) is 12.0. The SMILES string of the molecule is Cl.O=C(O)c1cn(C2CC2)c2nc(N3CC4CC3CN4)c(F)cc2c1=O. The van der Waals surface area contributed by atoms with Crippen LogP contribution in [0.1, 0.15) is 35.7 Å². The van der Waals surface area contributed by atoms with Gasteiger partial charge in [-0.3, -0.25) is 4.79 Å². The zero-order valence-corrected chi connectivity index (χ0v) is 14.6. The van der Waals surface area contributed by atoms with E-state index in [1.165, 1.54) is 6.20 Å². The molecule has 1 aliphatic carbocycles. The molecule has 2 unspecified atom stereocenters. The summed E-state index contributed by atoms with van der Waals surface area (Å²) in [5.74, 6) is -1.60. The highest BCUT2D eigenvalue weighted by Gasteiger charge is 2.39. The molecule has 3 fully saturated rings. The van der Waals surface area contributed by atoms with Crippen molar-refractivity contribution in [3.05, 3.63) is 33.9 Å². The molecule has 4 heterocycles. The predicted molar refractivity (Wildman–Crippen MR) is 96.0 cm³/mol. The number of carbonyl (C=O) groups is 1. The molecule has 0 spiro atoms. The van der Waals surface area contributed by atoms with Crippen LogP contribution in [0.3, 0.4) is 0 Å². The molecule has 2 N–H and O–H groups in total. The summed E-state index contributed by atoms with van der Waals surface area (Å²) in [6.07, 6.45) is 4.14. The maximum atomic E-state index is 14.7. The summed E-state index contributed by atoms with van der Waals surface area (Å²) in [4.78, 5) is 30.3. The van der Waals surface area contributed by atoms with E-state index < -0.39 is 17.2 Å². The predicted octanol–water partition coefficient (Wildman–Crippen LogP) is 1.54. The van der Waals surface area contributed by atoms with E-state index in [4.69, 9.17) is 0 Å². The Morgan fingerprint density at radius 2 is 2.12 bits per heavy atom. The number of carboxylic acids is 1. The van der Waals surface area contributed by atoms with Crippen LogP contribution in [0.25, 0.3) is 11.0 Å². The number of aromatic carboxylic acids is 1. The van der Waals surface area contributed by atoms with Gasteiger partial charge in [0.15, 0.2) is 11.6 Å². The van der Waals surface area contributed by atoms with Gasteiger partial charge in [-0.05, 0) is 25.3 Å². The first-order valence-corrected chi connectivity index (χ1v) is 8.51. The van der Waals surface area contributed by atoms with Crippen molar-refractivity contribution in [3.8, 4) is 0 Å². The monoisotopic (exact) mass is 380 g/mol. The second-order valence-electron chi connectivity index (χ2n) is 7.13. The highest BCUT2D eigenvalue weighted by atomic mass is 35.5. The highest BCUT2D eigenvalue weighted by molar-refractivity contribution is 5.92. The summed E-state index contributed by atoms with van der Waals surface area (Å²) in [7, 11) is 0. The molecule has 2 aromatic heterocycles. The van der Waals surface area contributed by atoms with Gasteiger partial charge in [0.2, 0.25) is 5.43 Å². The van der Waals surface area contributed by atoms with Crippen molar-refractivity contribution >= 4 is 35.2 Å². The second-order valence-corrected chi connectivity index (χ2v) is 7.13. The third-order valence-corrected chi connectivity index (χ3v) is 5.44. The average molecular weight is 381 g/mol. The molecule has 2 saturated heterocycles. The molecule has 7 nitrogen and oxygen atoms in total. The van der Waals surface area contributed by atoms with Crippen LogP contribution >= 0.6 is 12.4 Å². The van der Waals surface area contributed by atoms with Crippen LogP contribution in [-0.2, 0) is 0 Å². The zero-order chi connectivity index (χ0) is 17.3. The Morgan fingerprint density at radius 3 is 2.69 bits per heavy atom. The number of hydrogen-bond acceptors (Lipinski definition) is 5. The van der Waals surface area contributed by atoms with Crippen molar-refractivity contribution in [2.24, 2.45) is 0 Å². The van der Waals surface area contributed by atoms with E-state index in [1.54, 1.807) is 4.57 Å². The van der Waals surface area contributed by atoms with Gasteiger partial charge in [-0.2, -0.15) is 0 Å². The number of halogens is 2. The van der Waals surface area contributed by atoms with Crippen LogP contribution in [-0.4, -0.2) is 45.8 Å². The van der Waals surface area contributed by atoms with Gasteiger partial charge in [-0.1, -0.05) is 0 Å². The number of nitrogens with one attached hydrogen (secondary N) is 1. The Hall–Kier alpha value is -2.19. The number of piperazine rings is 1. The van der Waals surface area contributed by atoms with E-state index in [9.17, 15) is 19.1 Å². The van der Waals surface area contributed by atoms with Crippen molar-refractivity contribution in [2.45, 2.75) is 37.4 Å². The van der Waals surface area contributed by atoms with E-state index in [-0.39, 0.29) is 41.3 Å². The Labute approximate surface area is 154 Å². The molecule has 3 aliphatic rings. The summed E-state index contributed by atoms with van der Waals surface area (Å²) >= 11 is 0. The summed E-state index contributed by atoms with van der Waals surface area (Å²) in [6.45, 7) is 1.50. The van der Waals surface area contributed by atoms with E-state index in [1.807, 2.05) is 4.90 Å². The van der Waals surface area contributed by atoms with Gasteiger partial charge in [0.05, 0.1) is 5.39 Å². The molecular formula is C17H18ClFN4O3. The third kappa shape index (κ3) is 2.47. The highest BCUT2D eigenvalue weighted by Crippen LogP contribution is 2.38. The molecule has 26 heavy (non-hydrogen) atoms. The van der Waals surface area contributed by atoms with Gasteiger partial charge in [0.25, 0.3) is 0 Å². The molecule has 138 valence electrons. The van der Waals surface area contributed by atoms with Crippen LogP contribution < -0.4 is 15.6 Å². The van der Waals surface area contributed by atoms with Gasteiger partial charge < -0.3 is 19.9 Å². The van der Waals surface area contributed by atoms with Gasteiger partial charge in [0, 0.05) is 37.4 Å². The molecule has 2 aliphatic heterocycles. The van der Waals surface area contributed by atoms with Crippen molar-refractivity contribution < 1.29 is 14.3 Å². The minimum atomic E-state index is -1.30. The van der Waals surface area contributed by atoms with Gasteiger partial charge in [0.1, 0.15) is 11.2 Å². The van der Waals surface area contributed by atoms with Crippen LogP contribution in [0, 0.1) is 5.82 Å². The fourth-order valence-corrected chi connectivity index (χ4v) is 4.04. The molecule has 0 amide bonds. The Morgan fingerprint density at radius 1 is 1.35 bits per heavy atom. The van der Waals surface area contributed by atoms with Crippen LogP contribution in [0.2, 0.25) is 0 Å². The lowest BCUT2D eigenvalue weighted by Gasteiger charge is -2.29. The van der Waals surface area contributed by atoms with Crippen LogP contribution in [0.4, 0.5) is 10.2 Å². The zero-order valence-electron chi connectivity index (χ0n) is 13.8. The fourth-order valence-electron chi connectivity index (χ4n) is 4.04. The molecular weight excluding hydrogens is 363 g/mol. The smallest absolute Gasteiger partial charge is 0.341 e. The molecule has 0 aromatic carbocycles. The lowest BCUT2D eigenvalue weighted by atomic mass is 10.1. The summed E-state index contributed by atoms with van der Waals surface area (Å²) in [5.41, 5.74) is -0.635. The van der Waals surface area contributed by atoms with Crippen molar-refractivity contribution in [3.63, 3.8) is 0 Å². The fraction of sp³-hybridized carbons (Fsp3) is 0.471. The largest absolute Gasteiger partial charge is 0.477 e. The maximum Gasteiger partial charge on any atom is 0.341 e. The minimum absolute atomic E-state index is 0. The average Bonchev–Trinajstić information content (AvgIpc) is 3.21. The molecule has 5 rings (SSSR count). The molecule has 2 atom stereocenters. The third-order valence-electron chi connectivity index (χ3n) is 5.44.